The van der Waals surface area contributed by atoms with Gasteiger partial charge in [0, 0.05) is 24.6 Å². The summed E-state index contributed by atoms with van der Waals surface area (Å²) in [5.74, 6) is 1.09. The van der Waals surface area contributed by atoms with Crippen molar-refractivity contribution >= 4 is 11.6 Å². The van der Waals surface area contributed by atoms with Crippen LogP contribution in [0.25, 0.3) is 0 Å². The third-order valence-corrected chi connectivity index (χ3v) is 1.95. The highest BCUT2D eigenvalue weighted by atomic mass is 16.1. The van der Waals surface area contributed by atoms with Gasteiger partial charge in [-0.15, -0.1) is 0 Å². The maximum absolute atomic E-state index is 11.5. The molecule has 0 atom stereocenters. The maximum Gasteiger partial charge on any atom is 0.137 e. The topological polar surface area (TPSA) is 56.0 Å². The number of Topliss-reactive ketones (excluding diaryl/α,β-unsaturated/α-hetero) is 1. The van der Waals surface area contributed by atoms with Crippen molar-refractivity contribution < 1.29 is 4.79 Å². The second kappa shape index (κ2) is 4.74. The standard InChI is InChI=1S/C11H16N2O/c1-8(2)6-10(14)7-9-4-3-5-13-11(9)12/h3-5,8H,6-7H2,1-2H3,(H2,12,13). The van der Waals surface area contributed by atoms with Crippen LogP contribution in [0.15, 0.2) is 18.3 Å². The molecular weight excluding hydrogens is 176 g/mol. The fourth-order valence-corrected chi connectivity index (χ4v) is 1.34. The van der Waals surface area contributed by atoms with E-state index in [1.165, 1.54) is 0 Å². The Kier molecular flexibility index (Phi) is 3.63. The smallest absolute Gasteiger partial charge is 0.137 e. The van der Waals surface area contributed by atoms with E-state index in [0.717, 1.165) is 5.56 Å². The molecule has 0 aromatic carbocycles. The molecule has 0 aliphatic carbocycles. The van der Waals surface area contributed by atoms with Crippen molar-refractivity contribution in [1.29, 1.82) is 0 Å². The van der Waals surface area contributed by atoms with E-state index < -0.39 is 0 Å². The number of hydrogen-bond acceptors (Lipinski definition) is 3. The van der Waals surface area contributed by atoms with Crippen LogP contribution >= 0.6 is 0 Å². The number of nitrogens with two attached hydrogens (primary N) is 1. The number of nitrogen functional groups attached to an aromatic ring is 1. The Morgan fingerprint density at radius 1 is 1.57 bits per heavy atom. The molecule has 0 fully saturated rings. The molecule has 1 aromatic heterocycles. The van der Waals surface area contributed by atoms with Crippen LogP contribution < -0.4 is 5.73 Å². The fourth-order valence-electron chi connectivity index (χ4n) is 1.34. The summed E-state index contributed by atoms with van der Waals surface area (Å²) in [6, 6.07) is 3.65. The minimum Gasteiger partial charge on any atom is -0.383 e. The average molecular weight is 192 g/mol. The molecule has 0 aliphatic rings. The van der Waals surface area contributed by atoms with Crippen molar-refractivity contribution in [2.75, 3.05) is 5.73 Å². The number of hydrogen-bond donors (Lipinski definition) is 1. The molecule has 0 spiro atoms. The third-order valence-electron chi connectivity index (χ3n) is 1.95. The van der Waals surface area contributed by atoms with Crippen molar-refractivity contribution in [3.8, 4) is 0 Å². The van der Waals surface area contributed by atoms with E-state index in [-0.39, 0.29) is 5.78 Å². The van der Waals surface area contributed by atoms with Crippen LogP contribution in [0.3, 0.4) is 0 Å². The number of rotatable bonds is 4. The van der Waals surface area contributed by atoms with Gasteiger partial charge in [0.25, 0.3) is 0 Å². The van der Waals surface area contributed by atoms with Crippen LogP contribution in [-0.4, -0.2) is 10.8 Å². The molecule has 0 saturated carbocycles. The fraction of sp³-hybridized carbons (Fsp3) is 0.455. The number of anilines is 1. The van der Waals surface area contributed by atoms with E-state index in [2.05, 4.69) is 4.98 Å². The lowest BCUT2D eigenvalue weighted by atomic mass is 10.0. The molecule has 0 aliphatic heterocycles. The molecule has 1 heterocycles. The molecule has 0 amide bonds. The van der Waals surface area contributed by atoms with Gasteiger partial charge < -0.3 is 5.73 Å². The number of nitrogens with zero attached hydrogens (tertiary/aromatic N) is 1. The molecule has 3 heteroatoms. The monoisotopic (exact) mass is 192 g/mol. The Morgan fingerprint density at radius 3 is 2.86 bits per heavy atom. The van der Waals surface area contributed by atoms with Crippen LogP contribution in [0, 0.1) is 5.92 Å². The zero-order valence-electron chi connectivity index (χ0n) is 8.66. The van der Waals surface area contributed by atoms with Gasteiger partial charge in [0.15, 0.2) is 0 Å². The first-order valence-electron chi connectivity index (χ1n) is 4.80. The van der Waals surface area contributed by atoms with Crippen molar-refractivity contribution in [2.45, 2.75) is 26.7 Å². The van der Waals surface area contributed by atoms with Crippen LogP contribution in [-0.2, 0) is 11.2 Å². The van der Waals surface area contributed by atoms with Gasteiger partial charge in [-0.25, -0.2) is 4.98 Å². The van der Waals surface area contributed by atoms with Crippen molar-refractivity contribution in [1.82, 2.24) is 4.98 Å². The summed E-state index contributed by atoms with van der Waals surface area (Å²) < 4.78 is 0. The summed E-state index contributed by atoms with van der Waals surface area (Å²) in [7, 11) is 0. The summed E-state index contributed by atoms with van der Waals surface area (Å²) in [5, 5.41) is 0. The second-order valence-electron chi connectivity index (χ2n) is 3.86. The van der Waals surface area contributed by atoms with E-state index in [0.29, 0.717) is 24.6 Å². The second-order valence-corrected chi connectivity index (χ2v) is 3.86. The predicted octanol–water partition coefficient (Wildman–Crippen LogP) is 1.82. The average Bonchev–Trinajstić information content (AvgIpc) is 2.07. The lowest BCUT2D eigenvalue weighted by Crippen LogP contribution is -2.08. The Balaban J connectivity index is 2.61. The van der Waals surface area contributed by atoms with Gasteiger partial charge in [0.1, 0.15) is 11.6 Å². The van der Waals surface area contributed by atoms with Crippen LogP contribution in [0.5, 0.6) is 0 Å². The van der Waals surface area contributed by atoms with Gasteiger partial charge in [-0.05, 0) is 12.0 Å². The number of ketones is 1. The van der Waals surface area contributed by atoms with Crippen molar-refractivity contribution in [3.63, 3.8) is 0 Å². The third kappa shape index (κ3) is 3.17. The molecule has 1 aromatic rings. The van der Waals surface area contributed by atoms with Gasteiger partial charge in [0.2, 0.25) is 0 Å². The zero-order chi connectivity index (χ0) is 10.6. The lowest BCUT2D eigenvalue weighted by molar-refractivity contribution is -0.119. The Morgan fingerprint density at radius 2 is 2.29 bits per heavy atom. The van der Waals surface area contributed by atoms with Crippen LogP contribution in [0.4, 0.5) is 5.82 Å². The molecular formula is C11H16N2O. The minimum absolute atomic E-state index is 0.222. The van der Waals surface area contributed by atoms with E-state index in [9.17, 15) is 4.79 Å². The molecule has 3 nitrogen and oxygen atoms in total. The summed E-state index contributed by atoms with van der Waals surface area (Å²) in [4.78, 5) is 15.4. The van der Waals surface area contributed by atoms with Crippen molar-refractivity contribution in [3.05, 3.63) is 23.9 Å². The van der Waals surface area contributed by atoms with Gasteiger partial charge in [0.05, 0.1) is 0 Å². The Bertz CT molecular complexity index is 321. The molecule has 0 radical (unpaired) electrons. The summed E-state index contributed by atoms with van der Waals surface area (Å²) in [6.07, 6.45) is 2.64. The largest absolute Gasteiger partial charge is 0.383 e. The Labute approximate surface area is 84.3 Å². The molecule has 0 saturated heterocycles. The first kappa shape index (κ1) is 10.7. The quantitative estimate of drug-likeness (QED) is 0.791. The first-order valence-corrected chi connectivity index (χ1v) is 4.80. The van der Waals surface area contributed by atoms with Gasteiger partial charge in [-0.1, -0.05) is 19.9 Å². The van der Waals surface area contributed by atoms with Crippen LogP contribution in [0.1, 0.15) is 25.8 Å². The van der Waals surface area contributed by atoms with E-state index in [4.69, 9.17) is 5.73 Å². The summed E-state index contributed by atoms with van der Waals surface area (Å²) in [5.41, 5.74) is 6.47. The van der Waals surface area contributed by atoms with Crippen molar-refractivity contribution in [2.24, 2.45) is 5.92 Å². The highest BCUT2D eigenvalue weighted by Gasteiger charge is 2.08. The highest BCUT2D eigenvalue weighted by Crippen LogP contribution is 2.11. The zero-order valence-corrected chi connectivity index (χ0v) is 8.66. The molecule has 0 unspecified atom stereocenters. The molecule has 76 valence electrons. The van der Waals surface area contributed by atoms with E-state index >= 15 is 0 Å². The SMILES string of the molecule is CC(C)CC(=O)Cc1cccnc1N. The molecule has 14 heavy (non-hydrogen) atoms. The maximum atomic E-state index is 11.5. The normalized spacial score (nSPS) is 10.5. The van der Waals surface area contributed by atoms with Gasteiger partial charge >= 0.3 is 0 Å². The van der Waals surface area contributed by atoms with E-state index in [1.807, 2.05) is 19.9 Å². The van der Waals surface area contributed by atoms with Gasteiger partial charge in [-0.2, -0.15) is 0 Å². The van der Waals surface area contributed by atoms with E-state index in [1.54, 1.807) is 12.3 Å². The number of carbonyl (C=O) groups is 1. The highest BCUT2D eigenvalue weighted by molar-refractivity contribution is 5.82. The number of carbonyl (C=O) groups excluding carboxylic acids is 1. The molecule has 2 N–H and O–H groups in total. The number of aromatic nitrogens is 1. The summed E-state index contributed by atoms with van der Waals surface area (Å²) in [6.45, 7) is 4.06. The molecule has 1 rings (SSSR count). The first-order chi connectivity index (χ1) is 6.59. The van der Waals surface area contributed by atoms with Crippen LogP contribution in [0.2, 0.25) is 0 Å². The van der Waals surface area contributed by atoms with Gasteiger partial charge in [-0.3, -0.25) is 4.79 Å². The molecule has 0 bridgehead atoms. The Hall–Kier alpha value is -1.38. The predicted molar refractivity (Wildman–Crippen MR) is 56.8 cm³/mol. The lowest BCUT2D eigenvalue weighted by Gasteiger charge is -2.05. The summed E-state index contributed by atoms with van der Waals surface area (Å²) >= 11 is 0. The minimum atomic E-state index is 0.222. The number of pyridine rings is 1.